The molecule has 0 aliphatic carbocycles. The Morgan fingerprint density at radius 1 is 1.14 bits per heavy atom. The number of esters is 1. The lowest BCUT2D eigenvalue weighted by atomic mass is 10.1. The van der Waals surface area contributed by atoms with E-state index in [1.54, 1.807) is 12.1 Å². The van der Waals surface area contributed by atoms with Gasteiger partial charge < -0.3 is 20.1 Å². The van der Waals surface area contributed by atoms with Crippen LogP contribution in [0.4, 0.5) is 5.69 Å². The van der Waals surface area contributed by atoms with Gasteiger partial charge in [0.25, 0.3) is 0 Å². The van der Waals surface area contributed by atoms with Crippen molar-refractivity contribution in [3.63, 3.8) is 0 Å². The first kappa shape index (κ1) is 19.6. The molecule has 0 fully saturated rings. The van der Waals surface area contributed by atoms with Crippen LogP contribution in [-0.4, -0.2) is 33.4 Å². The van der Waals surface area contributed by atoms with Crippen LogP contribution in [0.1, 0.15) is 18.1 Å². The smallest absolute Gasteiger partial charge is 0.344 e. The molecule has 144 valence electrons. The second-order valence-electron chi connectivity index (χ2n) is 5.97. The number of methoxy groups -OCH3 is 1. The molecule has 0 radical (unpaired) electrons. The predicted octanol–water partition coefficient (Wildman–Crippen LogP) is 4.46. The summed E-state index contributed by atoms with van der Waals surface area (Å²) in [6.07, 6.45) is 2.37. The number of phenolic OH excluding ortho intramolecular Hbond substituents is 2. The summed E-state index contributed by atoms with van der Waals surface area (Å²) in [6, 6.07) is 11.9. The molecule has 0 saturated carbocycles. The van der Waals surface area contributed by atoms with Gasteiger partial charge in [-0.05, 0) is 41.8 Å². The first-order valence-electron chi connectivity index (χ1n) is 8.55. The number of rotatable bonds is 4. The van der Waals surface area contributed by atoms with Crippen molar-refractivity contribution in [2.75, 3.05) is 7.11 Å². The quantitative estimate of drug-likeness (QED) is 0.520. The van der Waals surface area contributed by atoms with E-state index in [1.165, 1.54) is 19.2 Å². The van der Waals surface area contributed by atoms with Gasteiger partial charge in [-0.2, -0.15) is 0 Å². The summed E-state index contributed by atoms with van der Waals surface area (Å²) in [5.41, 5.74) is 2.27. The molecular formula is C21H19NO5S. The molecule has 0 unspecified atom stereocenters. The van der Waals surface area contributed by atoms with Crippen LogP contribution in [0.2, 0.25) is 0 Å². The average molecular weight is 397 g/mol. The number of nitrogens with zero attached hydrogens (tertiary/aromatic N) is 1. The number of carbonyl (C=O) groups is 1. The number of thioether (sulfide) groups is 1. The summed E-state index contributed by atoms with van der Waals surface area (Å²) in [7, 11) is 1.24. The van der Waals surface area contributed by atoms with Gasteiger partial charge in [-0.1, -0.05) is 43.0 Å². The zero-order valence-electron chi connectivity index (χ0n) is 15.3. The molecule has 0 saturated heterocycles. The predicted molar refractivity (Wildman–Crippen MR) is 110 cm³/mol. The Bertz CT molecular complexity index is 1020. The van der Waals surface area contributed by atoms with Gasteiger partial charge in [0.2, 0.25) is 0 Å². The van der Waals surface area contributed by atoms with Crippen molar-refractivity contribution >= 4 is 34.5 Å². The number of para-hydroxylation sites is 1. The number of ether oxygens (including phenoxy) is 1. The molecule has 0 atom stereocenters. The van der Waals surface area contributed by atoms with E-state index in [0.29, 0.717) is 21.2 Å². The third-order valence-electron chi connectivity index (χ3n) is 4.17. The molecule has 3 N–H and O–H groups in total. The second kappa shape index (κ2) is 8.22. The lowest BCUT2D eigenvalue weighted by Crippen LogP contribution is -2.10. The lowest BCUT2D eigenvalue weighted by Gasteiger charge is -2.05. The van der Waals surface area contributed by atoms with Gasteiger partial charge in [-0.25, -0.2) is 9.79 Å². The molecule has 0 spiro atoms. The Morgan fingerprint density at radius 3 is 2.57 bits per heavy atom. The number of aliphatic hydroxyl groups excluding tert-OH is 1. The largest absolute Gasteiger partial charge is 0.506 e. The van der Waals surface area contributed by atoms with Gasteiger partial charge in [0, 0.05) is 0 Å². The van der Waals surface area contributed by atoms with Crippen LogP contribution < -0.4 is 0 Å². The van der Waals surface area contributed by atoms with Crippen molar-refractivity contribution in [3.05, 3.63) is 69.8 Å². The van der Waals surface area contributed by atoms with Crippen molar-refractivity contribution in [3.8, 4) is 11.5 Å². The van der Waals surface area contributed by atoms with Gasteiger partial charge in [-0.3, -0.25) is 0 Å². The maximum Gasteiger partial charge on any atom is 0.344 e. The van der Waals surface area contributed by atoms with Crippen LogP contribution in [0.15, 0.2) is 63.7 Å². The SMILES string of the molecule is CCc1ccccc1N=C1SC(=Cc2ccc(O)c(O)c2)C(O)=C1C(=O)OC. The van der Waals surface area contributed by atoms with E-state index in [-0.39, 0.29) is 22.8 Å². The van der Waals surface area contributed by atoms with Crippen molar-refractivity contribution < 1.29 is 24.9 Å². The maximum absolute atomic E-state index is 12.2. The maximum atomic E-state index is 12.2. The summed E-state index contributed by atoms with van der Waals surface area (Å²) in [5, 5.41) is 30.0. The highest BCUT2D eigenvalue weighted by Gasteiger charge is 2.33. The molecule has 2 aromatic carbocycles. The number of hydrogen-bond donors (Lipinski definition) is 3. The van der Waals surface area contributed by atoms with E-state index in [1.807, 2.05) is 31.2 Å². The molecule has 0 aromatic heterocycles. The van der Waals surface area contributed by atoms with Crippen LogP contribution in [0.5, 0.6) is 11.5 Å². The number of aliphatic hydroxyl groups is 1. The average Bonchev–Trinajstić information content (AvgIpc) is 2.99. The topological polar surface area (TPSA) is 99.4 Å². The van der Waals surface area contributed by atoms with E-state index in [2.05, 4.69) is 4.99 Å². The fraction of sp³-hybridized carbons (Fsp3) is 0.143. The molecule has 2 aromatic rings. The number of phenols is 2. The number of aryl methyl sites for hydroxylation is 1. The van der Waals surface area contributed by atoms with Gasteiger partial charge in [0.15, 0.2) is 11.5 Å². The Morgan fingerprint density at radius 2 is 1.89 bits per heavy atom. The minimum absolute atomic E-state index is 0.00680. The lowest BCUT2D eigenvalue weighted by molar-refractivity contribution is -0.135. The monoisotopic (exact) mass is 397 g/mol. The Kier molecular flexibility index (Phi) is 5.75. The summed E-state index contributed by atoms with van der Waals surface area (Å²) >= 11 is 1.13. The molecule has 28 heavy (non-hydrogen) atoms. The van der Waals surface area contributed by atoms with Crippen LogP contribution >= 0.6 is 11.8 Å². The third kappa shape index (κ3) is 3.89. The van der Waals surface area contributed by atoms with Crippen molar-refractivity contribution in [2.24, 2.45) is 4.99 Å². The number of benzene rings is 2. The summed E-state index contributed by atoms with van der Waals surface area (Å²) in [4.78, 5) is 17.2. The highest BCUT2D eigenvalue weighted by Crippen LogP contribution is 2.41. The van der Waals surface area contributed by atoms with Crippen molar-refractivity contribution in [1.29, 1.82) is 0 Å². The normalized spacial score (nSPS) is 16.8. The molecule has 1 aliphatic heterocycles. The first-order chi connectivity index (χ1) is 13.4. The van der Waals surface area contributed by atoms with E-state index in [0.717, 1.165) is 23.7 Å². The molecule has 7 heteroatoms. The Balaban J connectivity index is 2.07. The van der Waals surface area contributed by atoms with Crippen LogP contribution in [-0.2, 0) is 16.0 Å². The molecule has 6 nitrogen and oxygen atoms in total. The molecule has 1 aliphatic rings. The summed E-state index contributed by atoms with van der Waals surface area (Å²) in [6.45, 7) is 2.01. The number of carbonyl (C=O) groups excluding carboxylic acids is 1. The van der Waals surface area contributed by atoms with Gasteiger partial charge >= 0.3 is 5.97 Å². The molecule has 1 heterocycles. The standard InChI is InChI=1S/C21H19NO5S/c1-3-13-6-4-5-7-14(13)22-20-18(21(26)27-2)19(25)17(28-20)11-12-8-9-15(23)16(24)10-12/h4-11,23-25H,3H2,1-2H3. The third-order valence-corrected chi connectivity index (χ3v) is 5.19. The molecule has 0 bridgehead atoms. The van der Waals surface area contributed by atoms with Gasteiger partial charge in [0.05, 0.1) is 17.7 Å². The first-order valence-corrected chi connectivity index (χ1v) is 9.36. The number of aliphatic imine (C=N–C) groups is 1. The van der Waals surface area contributed by atoms with Crippen LogP contribution in [0.3, 0.4) is 0 Å². The Labute approximate surface area is 166 Å². The van der Waals surface area contributed by atoms with E-state index in [4.69, 9.17) is 4.74 Å². The van der Waals surface area contributed by atoms with E-state index >= 15 is 0 Å². The van der Waals surface area contributed by atoms with Gasteiger partial charge in [-0.15, -0.1) is 0 Å². The zero-order chi connectivity index (χ0) is 20.3. The highest BCUT2D eigenvalue weighted by atomic mass is 32.2. The molecule has 3 rings (SSSR count). The minimum atomic E-state index is -0.685. The fourth-order valence-electron chi connectivity index (χ4n) is 2.70. The summed E-state index contributed by atoms with van der Waals surface area (Å²) in [5.74, 6) is -1.44. The van der Waals surface area contributed by atoms with E-state index < -0.39 is 5.97 Å². The van der Waals surface area contributed by atoms with Crippen molar-refractivity contribution in [2.45, 2.75) is 13.3 Å². The zero-order valence-corrected chi connectivity index (χ0v) is 16.2. The highest BCUT2D eigenvalue weighted by molar-refractivity contribution is 8.18. The second-order valence-corrected chi connectivity index (χ2v) is 7.00. The van der Waals surface area contributed by atoms with E-state index in [9.17, 15) is 20.1 Å². The number of hydrogen-bond acceptors (Lipinski definition) is 7. The minimum Gasteiger partial charge on any atom is -0.506 e. The van der Waals surface area contributed by atoms with Gasteiger partial charge in [0.1, 0.15) is 16.4 Å². The Hall–Kier alpha value is -3.19. The molecule has 0 amide bonds. The fourth-order valence-corrected chi connectivity index (χ4v) is 3.73. The number of aromatic hydroxyl groups is 2. The van der Waals surface area contributed by atoms with Crippen molar-refractivity contribution in [1.82, 2.24) is 0 Å². The van der Waals surface area contributed by atoms with Crippen LogP contribution in [0, 0.1) is 0 Å². The summed E-state index contributed by atoms with van der Waals surface area (Å²) < 4.78 is 4.81. The molecular weight excluding hydrogens is 378 g/mol. The van der Waals surface area contributed by atoms with Crippen LogP contribution in [0.25, 0.3) is 6.08 Å².